The van der Waals surface area contributed by atoms with Gasteiger partial charge in [0.05, 0.1) is 0 Å². The summed E-state index contributed by atoms with van der Waals surface area (Å²) in [5.74, 6) is 0.956. The smallest absolute Gasteiger partial charge is 0.191 e. The molecule has 0 N–H and O–H groups in total. The van der Waals surface area contributed by atoms with Crippen LogP contribution in [0.4, 0.5) is 0 Å². The SMILES string of the molecule is CC(C)(C)[Si](C)(C)OCCCCOCCCCOCCCCS. The van der Waals surface area contributed by atoms with Crippen molar-refractivity contribution >= 4 is 20.9 Å². The molecule has 0 rings (SSSR count). The number of ether oxygens (including phenoxy) is 2. The zero-order valence-electron chi connectivity index (χ0n) is 16.2. The summed E-state index contributed by atoms with van der Waals surface area (Å²) in [6.45, 7) is 15.8. The molecular formula is C18H40O3SSi. The van der Waals surface area contributed by atoms with Gasteiger partial charge in [0.25, 0.3) is 0 Å². The van der Waals surface area contributed by atoms with E-state index in [0.717, 1.165) is 77.3 Å². The number of unbranched alkanes of at least 4 members (excludes halogenated alkanes) is 3. The summed E-state index contributed by atoms with van der Waals surface area (Å²) in [6, 6.07) is 0. The van der Waals surface area contributed by atoms with Crippen LogP contribution in [-0.4, -0.2) is 47.1 Å². The third-order valence-corrected chi connectivity index (χ3v) is 9.33. The van der Waals surface area contributed by atoms with Gasteiger partial charge in [-0.15, -0.1) is 0 Å². The third-order valence-electron chi connectivity index (χ3n) is 4.48. The highest BCUT2D eigenvalue weighted by atomic mass is 32.1. The zero-order valence-corrected chi connectivity index (χ0v) is 18.1. The topological polar surface area (TPSA) is 27.7 Å². The molecule has 0 saturated carbocycles. The average Bonchev–Trinajstić information content (AvgIpc) is 2.46. The molecule has 0 amide bonds. The molecule has 0 saturated heterocycles. The molecule has 23 heavy (non-hydrogen) atoms. The molecule has 0 radical (unpaired) electrons. The molecule has 0 aromatic rings. The van der Waals surface area contributed by atoms with E-state index < -0.39 is 8.32 Å². The van der Waals surface area contributed by atoms with Crippen molar-refractivity contribution in [3.05, 3.63) is 0 Å². The predicted molar refractivity (Wildman–Crippen MR) is 106 cm³/mol. The third kappa shape index (κ3) is 13.4. The van der Waals surface area contributed by atoms with Crippen LogP contribution in [0.3, 0.4) is 0 Å². The Balaban J connectivity index is 3.25. The molecule has 0 aliphatic heterocycles. The highest BCUT2D eigenvalue weighted by Gasteiger charge is 2.36. The fraction of sp³-hybridized carbons (Fsp3) is 1.00. The second kappa shape index (κ2) is 13.7. The summed E-state index contributed by atoms with van der Waals surface area (Å²) in [6.07, 6.45) is 6.64. The minimum absolute atomic E-state index is 0.304. The van der Waals surface area contributed by atoms with E-state index in [9.17, 15) is 0 Å². The van der Waals surface area contributed by atoms with Crippen LogP contribution in [0.1, 0.15) is 59.3 Å². The number of hydrogen-bond acceptors (Lipinski definition) is 4. The predicted octanol–water partition coefficient (Wildman–Crippen LogP) is 5.31. The van der Waals surface area contributed by atoms with Crippen molar-refractivity contribution in [3.63, 3.8) is 0 Å². The van der Waals surface area contributed by atoms with Crippen molar-refractivity contribution in [3.8, 4) is 0 Å². The molecule has 0 unspecified atom stereocenters. The van der Waals surface area contributed by atoms with Gasteiger partial charge in [-0.25, -0.2) is 0 Å². The van der Waals surface area contributed by atoms with E-state index in [1.165, 1.54) is 0 Å². The number of thiol groups is 1. The molecule has 0 bridgehead atoms. The van der Waals surface area contributed by atoms with Gasteiger partial charge < -0.3 is 13.9 Å². The van der Waals surface area contributed by atoms with E-state index in [1.807, 2.05) is 0 Å². The summed E-state index contributed by atoms with van der Waals surface area (Å²) in [5.41, 5.74) is 0. The van der Waals surface area contributed by atoms with E-state index in [4.69, 9.17) is 13.9 Å². The van der Waals surface area contributed by atoms with Crippen LogP contribution in [0.25, 0.3) is 0 Å². The highest BCUT2D eigenvalue weighted by molar-refractivity contribution is 7.80. The maximum Gasteiger partial charge on any atom is 0.191 e. The van der Waals surface area contributed by atoms with E-state index in [2.05, 4.69) is 46.5 Å². The lowest BCUT2D eigenvalue weighted by molar-refractivity contribution is 0.0983. The van der Waals surface area contributed by atoms with Crippen LogP contribution >= 0.6 is 12.6 Å². The summed E-state index contributed by atoms with van der Waals surface area (Å²) in [5, 5.41) is 0.304. The Morgan fingerprint density at radius 3 is 1.48 bits per heavy atom. The van der Waals surface area contributed by atoms with Crippen LogP contribution in [0.5, 0.6) is 0 Å². The first-order valence-corrected chi connectivity index (χ1v) is 12.8. The van der Waals surface area contributed by atoms with E-state index in [0.29, 0.717) is 5.04 Å². The summed E-state index contributed by atoms with van der Waals surface area (Å²) >= 11 is 4.18. The second-order valence-electron chi connectivity index (χ2n) is 7.68. The van der Waals surface area contributed by atoms with Crippen LogP contribution < -0.4 is 0 Å². The zero-order chi connectivity index (χ0) is 17.6. The average molecular weight is 365 g/mol. The molecule has 0 aromatic heterocycles. The molecule has 0 fully saturated rings. The molecule has 5 heteroatoms. The van der Waals surface area contributed by atoms with Crippen molar-refractivity contribution < 1.29 is 13.9 Å². The Kier molecular flexibility index (Phi) is 14.0. The standard InChI is InChI=1S/C18H40O3SSi/c1-18(2,3)23(4,5)21-16-9-8-14-19-12-6-7-13-20-15-10-11-17-22/h22H,6-17H2,1-5H3. The number of hydrogen-bond donors (Lipinski definition) is 1. The molecular weight excluding hydrogens is 324 g/mol. The Morgan fingerprint density at radius 1 is 0.696 bits per heavy atom. The largest absolute Gasteiger partial charge is 0.417 e. The first-order chi connectivity index (χ1) is 10.8. The number of rotatable bonds is 15. The van der Waals surface area contributed by atoms with Crippen molar-refractivity contribution in [2.45, 2.75) is 77.4 Å². The Hall–Kier alpha value is 0.447. The van der Waals surface area contributed by atoms with E-state index in [1.54, 1.807) is 0 Å². The van der Waals surface area contributed by atoms with Crippen LogP contribution in [0.15, 0.2) is 0 Å². The normalized spacial score (nSPS) is 12.8. The maximum atomic E-state index is 6.16. The lowest BCUT2D eigenvalue weighted by Crippen LogP contribution is -2.40. The first kappa shape index (κ1) is 23.4. The van der Waals surface area contributed by atoms with Gasteiger partial charge in [0, 0.05) is 33.0 Å². The van der Waals surface area contributed by atoms with Crippen molar-refractivity contribution in [2.24, 2.45) is 0 Å². The Bertz CT molecular complexity index is 267. The lowest BCUT2D eigenvalue weighted by atomic mass is 10.2. The quantitative estimate of drug-likeness (QED) is 0.242. The lowest BCUT2D eigenvalue weighted by Gasteiger charge is -2.36. The van der Waals surface area contributed by atoms with Gasteiger partial charge in [-0.05, 0) is 62.4 Å². The molecule has 0 aliphatic carbocycles. The van der Waals surface area contributed by atoms with Gasteiger partial charge >= 0.3 is 0 Å². The van der Waals surface area contributed by atoms with Gasteiger partial charge in [-0.2, -0.15) is 12.6 Å². The fourth-order valence-electron chi connectivity index (χ4n) is 1.78. The molecule has 0 spiro atoms. The van der Waals surface area contributed by atoms with Crippen molar-refractivity contribution in [2.75, 3.05) is 38.8 Å². The van der Waals surface area contributed by atoms with Gasteiger partial charge in [-0.3, -0.25) is 0 Å². The molecule has 140 valence electrons. The molecule has 3 nitrogen and oxygen atoms in total. The summed E-state index contributed by atoms with van der Waals surface area (Å²) in [7, 11) is -1.57. The van der Waals surface area contributed by atoms with Gasteiger partial charge in [0.2, 0.25) is 0 Å². The van der Waals surface area contributed by atoms with E-state index in [-0.39, 0.29) is 0 Å². The summed E-state index contributed by atoms with van der Waals surface area (Å²) in [4.78, 5) is 0. The molecule has 0 aromatic carbocycles. The maximum absolute atomic E-state index is 6.16. The minimum Gasteiger partial charge on any atom is -0.417 e. The minimum atomic E-state index is -1.57. The van der Waals surface area contributed by atoms with Gasteiger partial charge in [0.15, 0.2) is 8.32 Å². The van der Waals surface area contributed by atoms with Crippen molar-refractivity contribution in [1.82, 2.24) is 0 Å². The Morgan fingerprint density at radius 2 is 1.09 bits per heavy atom. The highest BCUT2D eigenvalue weighted by Crippen LogP contribution is 2.36. The molecule has 0 atom stereocenters. The fourth-order valence-corrected chi connectivity index (χ4v) is 3.09. The first-order valence-electron chi connectivity index (χ1n) is 9.21. The van der Waals surface area contributed by atoms with E-state index >= 15 is 0 Å². The second-order valence-corrected chi connectivity index (χ2v) is 12.9. The van der Waals surface area contributed by atoms with Crippen LogP contribution in [-0.2, 0) is 13.9 Å². The molecule has 0 aliphatic rings. The van der Waals surface area contributed by atoms with Crippen molar-refractivity contribution in [1.29, 1.82) is 0 Å². The summed E-state index contributed by atoms with van der Waals surface area (Å²) < 4.78 is 17.4. The monoisotopic (exact) mass is 364 g/mol. The molecule has 0 heterocycles. The van der Waals surface area contributed by atoms with Crippen LogP contribution in [0, 0.1) is 0 Å². The van der Waals surface area contributed by atoms with Crippen LogP contribution in [0.2, 0.25) is 18.1 Å². The Labute approximate surface area is 151 Å². The van der Waals surface area contributed by atoms with Gasteiger partial charge in [0.1, 0.15) is 0 Å². The van der Waals surface area contributed by atoms with Gasteiger partial charge in [-0.1, -0.05) is 20.8 Å².